The third kappa shape index (κ3) is 4.97. The van der Waals surface area contributed by atoms with Crippen LogP contribution in [0.1, 0.15) is 50.4 Å². The Morgan fingerprint density at radius 1 is 0.973 bits per heavy atom. The van der Waals surface area contributed by atoms with Crippen LogP contribution >= 0.6 is 0 Å². The second-order valence-corrected chi connectivity index (χ2v) is 10.4. The van der Waals surface area contributed by atoms with Crippen molar-refractivity contribution in [2.45, 2.75) is 44.8 Å². The molecule has 8 nitrogen and oxygen atoms in total. The molecule has 2 aliphatic rings. The number of anilines is 1. The molecule has 1 saturated heterocycles. The zero-order valence-electron chi connectivity index (χ0n) is 21.5. The van der Waals surface area contributed by atoms with Crippen LogP contribution in [0.4, 0.5) is 10.6 Å². The number of nitrogens with zero attached hydrogens (tertiary/aromatic N) is 2. The van der Waals surface area contributed by atoms with E-state index in [9.17, 15) is 4.79 Å². The maximum atomic E-state index is 12.8. The fourth-order valence-electron chi connectivity index (χ4n) is 4.64. The number of alkyl carbamates (subject to hydrolysis) is 1. The summed E-state index contributed by atoms with van der Waals surface area (Å²) in [6, 6.07) is 19.9. The van der Waals surface area contributed by atoms with Crippen LogP contribution in [0.2, 0.25) is 0 Å². The number of ether oxygens (including phenoxy) is 1. The summed E-state index contributed by atoms with van der Waals surface area (Å²) in [5.41, 5.74) is 10.6. The van der Waals surface area contributed by atoms with Gasteiger partial charge in [0.2, 0.25) is 0 Å². The highest BCUT2D eigenvalue weighted by Crippen LogP contribution is 2.44. The standard InChI is InChI=1S/C28H31BN4O4/c1-27(2)28(3,4)37-29(36-27)18(15-19-13-14-25(30)33-32-19)16-31-26(34)35-17-24-22-11-7-5-9-20(22)21-10-6-8-12-23(21)24/h5-15,24H,16-17H2,1-4H3,(H2,30,33)(H,31,34). The summed E-state index contributed by atoms with van der Waals surface area (Å²) in [6.45, 7) is 8.30. The van der Waals surface area contributed by atoms with Gasteiger partial charge in [-0.15, -0.1) is 10.2 Å². The van der Waals surface area contributed by atoms with Crippen molar-refractivity contribution in [2.75, 3.05) is 18.9 Å². The summed E-state index contributed by atoms with van der Waals surface area (Å²) in [7, 11) is -0.668. The van der Waals surface area contributed by atoms with Gasteiger partial charge >= 0.3 is 13.2 Å². The first kappa shape index (κ1) is 25.0. The van der Waals surface area contributed by atoms with Crippen LogP contribution in [0.25, 0.3) is 17.2 Å². The molecule has 37 heavy (non-hydrogen) atoms. The summed E-state index contributed by atoms with van der Waals surface area (Å²) < 4.78 is 18.1. The van der Waals surface area contributed by atoms with E-state index in [0.29, 0.717) is 17.0 Å². The smallest absolute Gasteiger partial charge is 0.449 e. The first-order chi connectivity index (χ1) is 17.6. The van der Waals surface area contributed by atoms with E-state index in [2.05, 4.69) is 39.8 Å². The Hall–Kier alpha value is -3.69. The monoisotopic (exact) mass is 498 g/mol. The molecule has 1 amide bonds. The normalized spacial score (nSPS) is 17.8. The topological polar surface area (TPSA) is 109 Å². The Labute approximate surface area is 217 Å². The number of nitrogens with two attached hydrogens (primary N) is 1. The van der Waals surface area contributed by atoms with Crippen LogP contribution in [0.3, 0.4) is 0 Å². The molecule has 0 spiro atoms. The lowest BCUT2D eigenvalue weighted by molar-refractivity contribution is 0.00578. The summed E-state index contributed by atoms with van der Waals surface area (Å²) in [6.07, 6.45) is 1.27. The van der Waals surface area contributed by atoms with Gasteiger partial charge in [0.25, 0.3) is 0 Å². The van der Waals surface area contributed by atoms with Gasteiger partial charge in [-0.25, -0.2) is 4.79 Å². The minimum Gasteiger partial charge on any atom is -0.449 e. The molecule has 9 heteroatoms. The summed E-state index contributed by atoms with van der Waals surface area (Å²) >= 11 is 0. The maximum Gasteiger partial charge on any atom is 0.492 e. The van der Waals surface area contributed by atoms with Gasteiger partial charge in [0, 0.05) is 12.5 Å². The molecule has 5 rings (SSSR count). The molecule has 0 atom stereocenters. The number of nitrogens with one attached hydrogen (secondary N) is 1. The number of hydrogen-bond acceptors (Lipinski definition) is 7. The number of nitrogen functional groups attached to an aromatic ring is 1. The van der Waals surface area contributed by atoms with E-state index in [1.54, 1.807) is 18.2 Å². The van der Waals surface area contributed by atoms with Crippen molar-refractivity contribution in [1.82, 2.24) is 15.5 Å². The molecule has 2 heterocycles. The van der Waals surface area contributed by atoms with Gasteiger partial charge in [0.15, 0.2) is 0 Å². The number of aromatic nitrogens is 2. The number of fused-ring (bicyclic) bond motifs is 3. The van der Waals surface area contributed by atoms with Crippen LogP contribution < -0.4 is 11.1 Å². The first-order valence-electron chi connectivity index (χ1n) is 12.4. The number of carbonyl (C=O) groups is 1. The Morgan fingerprint density at radius 2 is 1.57 bits per heavy atom. The average molecular weight is 498 g/mol. The predicted octanol–water partition coefficient (Wildman–Crippen LogP) is 4.61. The van der Waals surface area contributed by atoms with E-state index >= 15 is 0 Å². The highest BCUT2D eigenvalue weighted by atomic mass is 16.7. The quantitative estimate of drug-likeness (QED) is 0.478. The van der Waals surface area contributed by atoms with Crippen molar-refractivity contribution in [2.24, 2.45) is 0 Å². The van der Waals surface area contributed by atoms with E-state index in [0.717, 1.165) is 11.1 Å². The maximum absolute atomic E-state index is 12.8. The summed E-state index contributed by atoms with van der Waals surface area (Å²) in [5, 5.41) is 10.9. The Bertz CT molecular complexity index is 1280. The molecule has 1 aliphatic carbocycles. The number of hydrogen-bond donors (Lipinski definition) is 2. The van der Waals surface area contributed by atoms with Crippen LogP contribution in [0.5, 0.6) is 0 Å². The summed E-state index contributed by atoms with van der Waals surface area (Å²) in [4.78, 5) is 12.8. The Balaban J connectivity index is 1.29. The number of amides is 1. The minimum atomic E-state index is -0.668. The van der Waals surface area contributed by atoms with Crippen LogP contribution in [-0.2, 0) is 14.0 Å². The van der Waals surface area contributed by atoms with E-state index < -0.39 is 24.4 Å². The van der Waals surface area contributed by atoms with Gasteiger partial charge in [0.05, 0.1) is 16.9 Å². The molecule has 1 aliphatic heterocycles. The first-order valence-corrected chi connectivity index (χ1v) is 12.4. The highest BCUT2D eigenvalue weighted by molar-refractivity contribution is 6.56. The van der Waals surface area contributed by atoms with Crippen molar-refractivity contribution in [3.63, 3.8) is 0 Å². The van der Waals surface area contributed by atoms with Crippen LogP contribution in [0.15, 0.2) is 66.1 Å². The molecule has 3 aromatic rings. The van der Waals surface area contributed by atoms with Gasteiger partial charge in [-0.3, -0.25) is 0 Å². The molecule has 190 valence electrons. The zero-order valence-corrected chi connectivity index (χ0v) is 21.5. The van der Waals surface area contributed by atoms with Crippen molar-refractivity contribution in [3.8, 4) is 11.1 Å². The van der Waals surface area contributed by atoms with Gasteiger partial charge in [-0.2, -0.15) is 0 Å². The largest absolute Gasteiger partial charge is 0.492 e. The number of benzene rings is 2. The molecular weight excluding hydrogens is 467 g/mol. The lowest BCUT2D eigenvalue weighted by Crippen LogP contribution is -2.41. The van der Waals surface area contributed by atoms with Crippen molar-refractivity contribution in [1.29, 1.82) is 0 Å². The average Bonchev–Trinajstić information content (AvgIpc) is 3.30. The van der Waals surface area contributed by atoms with Crippen molar-refractivity contribution >= 4 is 25.1 Å². The molecule has 2 aromatic carbocycles. The molecule has 0 unspecified atom stereocenters. The van der Waals surface area contributed by atoms with Gasteiger partial charge in [0.1, 0.15) is 12.4 Å². The Morgan fingerprint density at radius 3 is 2.14 bits per heavy atom. The van der Waals surface area contributed by atoms with E-state index in [4.69, 9.17) is 19.8 Å². The molecular formula is C28H31BN4O4. The van der Waals surface area contributed by atoms with E-state index in [1.165, 1.54) is 11.1 Å². The van der Waals surface area contributed by atoms with Crippen LogP contribution in [0, 0.1) is 0 Å². The lowest BCUT2D eigenvalue weighted by atomic mass is 9.77. The van der Waals surface area contributed by atoms with E-state index in [-0.39, 0.29) is 19.1 Å². The highest BCUT2D eigenvalue weighted by Gasteiger charge is 2.52. The molecule has 0 saturated carbocycles. The summed E-state index contributed by atoms with van der Waals surface area (Å²) in [5.74, 6) is 0.312. The third-order valence-corrected chi connectivity index (χ3v) is 7.38. The zero-order chi connectivity index (χ0) is 26.2. The molecule has 0 radical (unpaired) electrons. The molecule has 3 N–H and O–H groups in total. The van der Waals surface area contributed by atoms with Crippen LogP contribution in [-0.4, -0.2) is 47.8 Å². The van der Waals surface area contributed by atoms with E-state index in [1.807, 2.05) is 52.0 Å². The fraction of sp³-hybridized carbons (Fsp3) is 0.321. The molecule has 1 aromatic heterocycles. The third-order valence-electron chi connectivity index (χ3n) is 7.38. The number of carbonyl (C=O) groups excluding carboxylic acids is 1. The second-order valence-electron chi connectivity index (χ2n) is 10.4. The van der Waals surface area contributed by atoms with Gasteiger partial charge < -0.3 is 25.1 Å². The minimum absolute atomic E-state index is 0.0127. The molecule has 1 fully saturated rings. The fourth-order valence-corrected chi connectivity index (χ4v) is 4.64. The SMILES string of the molecule is CC1(C)OB(C(=Cc2ccc(N)nn2)CNC(=O)OCC2c3ccccc3-c3ccccc32)OC1(C)C. The van der Waals surface area contributed by atoms with Crippen molar-refractivity contribution < 1.29 is 18.8 Å². The second kappa shape index (κ2) is 9.65. The predicted molar refractivity (Wildman–Crippen MR) is 144 cm³/mol. The number of rotatable bonds is 6. The lowest BCUT2D eigenvalue weighted by Gasteiger charge is -2.32. The Kier molecular flexibility index (Phi) is 6.51. The van der Waals surface area contributed by atoms with Crippen molar-refractivity contribution in [3.05, 3.63) is 83.0 Å². The molecule has 0 bridgehead atoms. The van der Waals surface area contributed by atoms with Gasteiger partial charge in [-0.05, 0) is 73.6 Å². The van der Waals surface area contributed by atoms with Gasteiger partial charge in [-0.1, -0.05) is 48.5 Å².